The van der Waals surface area contributed by atoms with E-state index in [1.165, 1.54) is 12.1 Å². The summed E-state index contributed by atoms with van der Waals surface area (Å²) in [5.74, 6) is -1.82. The highest BCUT2D eigenvalue weighted by Gasteiger charge is 2.31. The van der Waals surface area contributed by atoms with Crippen molar-refractivity contribution < 1.29 is 23.9 Å². The Bertz CT molecular complexity index is 974. The van der Waals surface area contributed by atoms with Gasteiger partial charge in [0.15, 0.2) is 18.2 Å². The van der Waals surface area contributed by atoms with Gasteiger partial charge >= 0.3 is 5.97 Å². The molecule has 0 atom stereocenters. The maximum atomic E-state index is 12.8. The van der Waals surface area contributed by atoms with Crippen LogP contribution < -0.4 is 5.32 Å². The van der Waals surface area contributed by atoms with Crippen LogP contribution in [-0.4, -0.2) is 30.0 Å². The lowest BCUT2D eigenvalue weighted by Crippen LogP contribution is -2.25. The van der Waals surface area contributed by atoms with Crippen molar-refractivity contribution in [1.29, 1.82) is 0 Å². The van der Waals surface area contributed by atoms with Gasteiger partial charge in [0.25, 0.3) is 5.91 Å². The third kappa shape index (κ3) is 3.69. The molecule has 0 saturated heterocycles. The molecule has 0 heterocycles. The van der Waals surface area contributed by atoms with E-state index in [0.29, 0.717) is 17.5 Å². The van der Waals surface area contributed by atoms with Gasteiger partial charge in [0, 0.05) is 22.8 Å². The number of hydrogen-bond donors (Lipinski definition) is 1. The first kappa shape index (κ1) is 18.3. The Morgan fingerprint density at radius 2 is 1.63 bits per heavy atom. The van der Waals surface area contributed by atoms with Gasteiger partial charge in [-0.1, -0.05) is 49.4 Å². The molecule has 1 N–H and O–H groups in total. The minimum atomic E-state index is -0.623. The van der Waals surface area contributed by atoms with Crippen LogP contribution in [0.5, 0.6) is 0 Å². The lowest BCUT2D eigenvalue weighted by molar-refractivity contribution is -0.142. The summed E-state index contributed by atoms with van der Waals surface area (Å²) < 4.78 is 4.84. The summed E-state index contributed by atoms with van der Waals surface area (Å²) >= 11 is 0. The molecule has 6 nitrogen and oxygen atoms in total. The SMILES string of the molecule is CC/C=C/C(=O)OCC(=O)Nc1cccc2c1C(=O)c1ccccc1C2=O. The minimum absolute atomic E-state index is 0.145. The highest BCUT2D eigenvalue weighted by atomic mass is 16.5. The molecule has 0 bridgehead atoms. The molecule has 136 valence electrons. The van der Waals surface area contributed by atoms with E-state index < -0.39 is 18.5 Å². The molecule has 2 aromatic rings. The number of hydrogen-bond acceptors (Lipinski definition) is 5. The Hall–Kier alpha value is -3.54. The molecule has 0 spiro atoms. The minimum Gasteiger partial charge on any atom is -0.452 e. The first-order chi connectivity index (χ1) is 13.0. The first-order valence-electron chi connectivity index (χ1n) is 8.47. The maximum absolute atomic E-state index is 12.8. The van der Waals surface area contributed by atoms with E-state index in [1.807, 2.05) is 6.92 Å². The predicted octanol–water partition coefficient (Wildman–Crippen LogP) is 2.91. The third-order valence-corrected chi connectivity index (χ3v) is 4.06. The van der Waals surface area contributed by atoms with E-state index >= 15 is 0 Å². The molecule has 0 unspecified atom stereocenters. The average Bonchev–Trinajstić information content (AvgIpc) is 2.68. The second kappa shape index (κ2) is 7.78. The molecule has 1 aliphatic rings. The summed E-state index contributed by atoms with van der Waals surface area (Å²) in [5, 5.41) is 2.55. The number of anilines is 1. The monoisotopic (exact) mass is 363 g/mol. The Morgan fingerprint density at radius 1 is 0.963 bits per heavy atom. The van der Waals surface area contributed by atoms with Gasteiger partial charge in [-0.3, -0.25) is 14.4 Å². The zero-order valence-electron chi connectivity index (χ0n) is 14.7. The highest BCUT2D eigenvalue weighted by molar-refractivity contribution is 6.30. The topological polar surface area (TPSA) is 89.5 Å². The Morgan fingerprint density at radius 3 is 2.33 bits per heavy atom. The van der Waals surface area contributed by atoms with Crippen LogP contribution >= 0.6 is 0 Å². The van der Waals surface area contributed by atoms with Gasteiger partial charge < -0.3 is 10.1 Å². The van der Waals surface area contributed by atoms with Crippen molar-refractivity contribution in [3.05, 3.63) is 76.9 Å². The normalized spacial score (nSPS) is 12.5. The zero-order chi connectivity index (χ0) is 19.4. The highest BCUT2D eigenvalue weighted by Crippen LogP contribution is 2.31. The van der Waals surface area contributed by atoms with E-state index in [1.54, 1.807) is 42.5 Å². The number of amides is 1. The lowest BCUT2D eigenvalue weighted by atomic mass is 9.83. The molecule has 0 aromatic heterocycles. The van der Waals surface area contributed by atoms with Crippen LogP contribution in [0.2, 0.25) is 0 Å². The van der Waals surface area contributed by atoms with Crippen LogP contribution in [0.1, 0.15) is 45.2 Å². The van der Waals surface area contributed by atoms with Crippen molar-refractivity contribution in [2.45, 2.75) is 13.3 Å². The number of esters is 1. The molecule has 0 saturated carbocycles. The van der Waals surface area contributed by atoms with Crippen LogP contribution in [0.15, 0.2) is 54.6 Å². The number of nitrogens with one attached hydrogen (secondary N) is 1. The standard InChI is InChI=1S/C21H17NO5/c1-2-3-11-18(24)27-12-17(23)22-16-10-6-9-15-19(16)21(26)14-8-5-4-7-13(14)20(15)25/h3-11H,2,12H2,1H3,(H,22,23)/b11-3+. The molecule has 1 aliphatic carbocycles. The molecular weight excluding hydrogens is 346 g/mol. The van der Waals surface area contributed by atoms with Crippen molar-refractivity contribution in [3.63, 3.8) is 0 Å². The summed E-state index contributed by atoms with van der Waals surface area (Å²) in [7, 11) is 0. The molecule has 3 rings (SSSR count). The van der Waals surface area contributed by atoms with E-state index in [2.05, 4.69) is 5.32 Å². The smallest absolute Gasteiger partial charge is 0.330 e. The average molecular weight is 363 g/mol. The summed E-state index contributed by atoms with van der Waals surface area (Å²) in [5.41, 5.74) is 1.24. The number of carbonyl (C=O) groups is 4. The Labute approximate surface area is 155 Å². The number of benzene rings is 2. The lowest BCUT2D eigenvalue weighted by Gasteiger charge is -2.20. The number of rotatable bonds is 5. The number of carbonyl (C=O) groups excluding carboxylic acids is 4. The van der Waals surface area contributed by atoms with Gasteiger partial charge in [0.2, 0.25) is 0 Å². The number of fused-ring (bicyclic) bond motifs is 2. The second-order valence-corrected chi connectivity index (χ2v) is 5.90. The number of ketones is 2. The number of ether oxygens (including phenoxy) is 1. The van der Waals surface area contributed by atoms with Gasteiger partial charge in [-0.15, -0.1) is 0 Å². The molecular formula is C21H17NO5. The predicted molar refractivity (Wildman–Crippen MR) is 98.8 cm³/mol. The molecule has 6 heteroatoms. The van der Waals surface area contributed by atoms with Gasteiger partial charge in [0.05, 0.1) is 11.3 Å². The van der Waals surface area contributed by atoms with Crippen LogP contribution in [0.4, 0.5) is 5.69 Å². The van der Waals surface area contributed by atoms with Gasteiger partial charge in [0.1, 0.15) is 0 Å². The molecule has 1 amide bonds. The second-order valence-electron chi connectivity index (χ2n) is 5.90. The van der Waals surface area contributed by atoms with E-state index in [4.69, 9.17) is 4.74 Å². The molecule has 0 aliphatic heterocycles. The Kier molecular flexibility index (Phi) is 5.26. The van der Waals surface area contributed by atoms with Gasteiger partial charge in [-0.05, 0) is 12.5 Å². The van der Waals surface area contributed by atoms with E-state index in [9.17, 15) is 19.2 Å². The fraction of sp³-hybridized carbons (Fsp3) is 0.143. The van der Waals surface area contributed by atoms with Crippen molar-refractivity contribution >= 4 is 29.1 Å². The van der Waals surface area contributed by atoms with Crippen LogP contribution in [0.25, 0.3) is 0 Å². The summed E-state index contributed by atoms with van der Waals surface area (Å²) in [6.45, 7) is 1.38. The molecule has 27 heavy (non-hydrogen) atoms. The van der Waals surface area contributed by atoms with Crippen molar-refractivity contribution in [1.82, 2.24) is 0 Å². The summed E-state index contributed by atoms with van der Waals surface area (Å²) in [6.07, 6.45) is 3.54. The van der Waals surface area contributed by atoms with Crippen molar-refractivity contribution in [2.75, 3.05) is 11.9 Å². The van der Waals surface area contributed by atoms with E-state index in [0.717, 1.165) is 0 Å². The third-order valence-electron chi connectivity index (χ3n) is 4.06. The number of allylic oxidation sites excluding steroid dienone is 1. The first-order valence-corrected chi connectivity index (χ1v) is 8.47. The fourth-order valence-electron chi connectivity index (χ4n) is 2.83. The summed E-state index contributed by atoms with van der Waals surface area (Å²) in [6, 6.07) is 11.2. The fourth-order valence-corrected chi connectivity index (χ4v) is 2.83. The van der Waals surface area contributed by atoms with Crippen LogP contribution in [0, 0.1) is 0 Å². The van der Waals surface area contributed by atoms with Crippen LogP contribution in [-0.2, 0) is 14.3 Å². The maximum Gasteiger partial charge on any atom is 0.330 e. The summed E-state index contributed by atoms with van der Waals surface area (Å²) in [4.78, 5) is 49.0. The quantitative estimate of drug-likeness (QED) is 0.556. The van der Waals surface area contributed by atoms with Crippen molar-refractivity contribution in [2.24, 2.45) is 0 Å². The van der Waals surface area contributed by atoms with Crippen molar-refractivity contribution in [3.8, 4) is 0 Å². The zero-order valence-corrected chi connectivity index (χ0v) is 14.7. The van der Waals surface area contributed by atoms with Crippen LogP contribution in [0.3, 0.4) is 0 Å². The molecule has 0 fully saturated rings. The molecule has 2 aromatic carbocycles. The largest absolute Gasteiger partial charge is 0.452 e. The Balaban J connectivity index is 1.82. The van der Waals surface area contributed by atoms with Gasteiger partial charge in [-0.2, -0.15) is 0 Å². The van der Waals surface area contributed by atoms with E-state index in [-0.39, 0.29) is 28.4 Å². The molecule has 0 radical (unpaired) electrons. The van der Waals surface area contributed by atoms with Gasteiger partial charge in [-0.25, -0.2) is 4.79 Å².